The normalized spacial score (nSPS) is 29.5. The van der Waals surface area contributed by atoms with Gasteiger partial charge in [0, 0.05) is 62.7 Å². The smallest absolute Gasteiger partial charge is 0.418 e. The summed E-state index contributed by atoms with van der Waals surface area (Å²) in [5, 5.41) is 9.77. The zero-order valence-corrected chi connectivity index (χ0v) is 30.0. The summed E-state index contributed by atoms with van der Waals surface area (Å²) in [5.74, 6) is -0.418. The number of aromatic nitrogens is 3. The number of halogens is 4. The van der Waals surface area contributed by atoms with Crippen molar-refractivity contribution in [1.82, 2.24) is 29.7 Å². The lowest BCUT2D eigenvalue weighted by Crippen LogP contribution is -2.55. The number of hydrogen-bond donors (Lipinski definition) is 1. The Hall–Kier alpha value is -4.03. The monoisotopic (exact) mass is 725 g/mol. The summed E-state index contributed by atoms with van der Waals surface area (Å²) >= 11 is 0. The highest BCUT2D eigenvalue weighted by atomic mass is 19.4. The van der Waals surface area contributed by atoms with Crippen LogP contribution in [-0.2, 0) is 23.8 Å². The molecule has 4 fully saturated rings. The molecule has 0 spiro atoms. The molecule has 0 bridgehead atoms. The van der Waals surface area contributed by atoms with Crippen LogP contribution in [0.5, 0.6) is 6.01 Å². The Balaban J connectivity index is 1.22. The minimum Gasteiger partial charge on any atom is -0.461 e. The fraction of sp³-hybridized carbons (Fsp3) is 0.649. The maximum atomic E-state index is 14.6. The number of rotatable bonds is 8. The molecule has 4 aliphatic heterocycles. The van der Waals surface area contributed by atoms with E-state index >= 15 is 0 Å². The van der Waals surface area contributed by atoms with E-state index in [2.05, 4.69) is 20.9 Å². The number of nitrogens with two attached hydrogens (primary N) is 1. The molecular weight excluding hydrogens is 678 g/mol. The molecule has 6 heterocycles. The van der Waals surface area contributed by atoms with Gasteiger partial charge in [-0.3, -0.25) is 14.6 Å². The van der Waals surface area contributed by atoms with Crippen molar-refractivity contribution in [2.24, 2.45) is 5.92 Å². The van der Waals surface area contributed by atoms with E-state index in [0.717, 1.165) is 37.9 Å². The van der Waals surface area contributed by atoms with E-state index in [0.29, 0.717) is 50.5 Å². The second kappa shape index (κ2) is 14.1. The Labute approximate surface area is 301 Å². The van der Waals surface area contributed by atoms with Crippen molar-refractivity contribution in [2.75, 3.05) is 63.6 Å². The number of ether oxygens (including phenoxy) is 1. The standard InChI is InChI=1S/C37H47F4N9O2/c1-22-15-28-29(17-27(22)33-32(37(39,40)41)23(2)16-30(43)45-33)44-35(52-21-36-9-4-11-49(36)19-24(38)18-36)46-34(28)48-13-14-50(26(20-48)7-10-42)31(51)6-5-25-8-12-47(25)3/h5-6,16,22,24-27H,4,7-9,11-15,17-21H2,1-3H3,(H2,43,45)/b6-5+/t22?,24-,25?,26+,27-,36+/m1/s1. The van der Waals surface area contributed by atoms with Crippen LogP contribution >= 0.6 is 0 Å². The predicted molar refractivity (Wildman–Crippen MR) is 186 cm³/mol. The third-order valence-corrected chi connectivity index (χ3v) is 12.0. The first-order valence-electron chi connectivity index (χ1n) is 18.3. The van der Waals surface area contributed by atoms with Crippen molar-refractivity contribution in [3.05, 3.63) is 46.3 Å². The Bertz CT molecular complexity index is 1770. The Morgan fingerprint density at radius 2 is 1.98 bits per heavy atom. The second-order valence-corrected chi connectivity index (χ2v) is 15.4. The van der Waals surface area contributed by atoms with E-state index in [9.17, 15) is 27.6 Å². The van der Waals surface area contributed by atoms with Crippen molar-refractivity contribution in [3.8, 4) is 12.1 Å². The summed E-state index contributed by atoms with van der Waals surface area (Å²) in [6.07, 6.45) is 1.72. The Morgan fingerprint density at radius 1 is 1.17 bits per heavy atom. The number of piperazine rings is 1. The quantitative estimate of drug-likeness (QED) is 0.308. The molecule has 0 aromatic carbocycles. The van der Waals surface area contributed by atoms with Crippen LogP contribution in [0.15, 0.2) is 18.2 Å². The molecule has 1 aliphatic carbocycles. The molecule has 4 saturated heterocycles. The number of alkyl halides is 4. The van der Waals surface area contributed by atoms with Crippen molar-refractivity contribution in [2.45, 2.75) is 94.7 Å². The number of nitrogens with zero attached hydrogens (tertiary/aromatic N) is 8. The van der Waals surface area contributed by atoms with Crippen LogP contribution in [0.2, 0.25) is 0 Å². The van der Waals surface area contributed by atoms with Gasteiger partial charge >= 0.3 is 12.2 Å². The number of likely N-dealkylation sites (tertiary alicyclic amines) is 1. The van der Waals surface area contributed by atoms with Crippen LogP contribution in [0, 0.1) is 24.2 Å². The molecule has 52 heavy (non-hydrogen) atoms. The van der Waals surface area contributed by atoms with Crippen molar-refractivity contribution in [1.29, 1.82) is 5.26 Å². The molecule has 5 aliphatic rings. The average Bonchev–Trinajstić information content (AvgIpc) is 3.60. The number of likely N-dealkylation sites (N-methyl/N-ethyl adjacent to an activating group) is 1. The van der Waals surface area contributed by atoms with E-state index in [1.54, 1.807) is 11.0 Å². The van der Waals surface area contributed by atoms with Gasteiger partial charge in [0.05, 0.1) is 41.0 Å². The van der Waals surface area contributed by atoms with E-state index in [4.69, 9.17) is 20.4 Å². The molecule has 1 amide bonds. The molecule has 2 N–H and O–H groups in total. The number of amides is 1. The summed E-state index contributed by atoms with van der Waals surface area (Å²) < 4.78 is 64.3. The van der Waals surface area contributed by atoms with Crippen LogP contribution in [0.25, 0.3) is 0 Å². The highest BCUT2D eigenvalue weighted by Gasteiger charge is 2.50. The summed E-state index contributed by atoms with van der Waals surface area (Å²) in [5.41, 5.74) is 6.10. The third-order valence-electron chi connectivity index (χ3n) is 12.0. The molecule has 6 atom stereocenters. The number of hydrogen-bond acceptors (Lipinski definition) is 10. The lowest BCUT2D eigenvalue weighted by atomic mass is 9.75. The molecular formula is C37H47F4N9O2. The van der Waals surface area contributed by atoms with E-state index < -0.39 is 35.4 Å². The largest absolute Gasteiger partial charge is 0.461 e. The number of aryl methyl sites for hydroxylation is 1. The highest BCUT2D eigenvalue weighted by molar-refractivity contribution is 5.88. The molecule has 0 saturated carbocycles. The predicted octanol–water partition coefficient (Wildman–Crippen LogP) is 4.45. The average molecular weight is 726 g/mol. The highest BCUT2D eigenvalue weighted by Crippen LogP contribution is 2.46. The molecule has 280 valence electrons. The van der Waals surface area contributed by atoms with E-state index in [-0.39, 0.29) is 60.4 Å². The van der Waals surface area contributed by atoms with Gasteiger partial charge in [-0.25, -0.2) is 9.37 Å². The van der Waals surface area contributed by atoms with Crippen LogP contribution in [0.1, 0.15) is 73.0 Å². The lowest BCUT2D eigenvalue weighted by molar-refractivity contribution is -0.139. The summed E-state index contributed by atoms with van der Waals surface area (Å²) in [6.45, 7) is 6.78. The number of nitriles is 1. The zero-order chi connectivity index (χ0) is 36.9. The molecule has 7 rings (SSSR count). The first-order valence-corrected chi connectivity index (χ1v) is 18.3. The molecule has 2 unspecified atom stereocenters. The van der Waals surface area contributed by atoms with Gasteiger partial charge in [0.25, 0.3) is 0 Å². The van der Waals surface area contributed by atoms with Gasteiger partial charge in [0.2, 0.25) is 5.91 Å². The molecule has 2 aromatic heterocycles. The number of pyridine rings is 1. The number of carbonyl (C=O) groups is 1. The molecule has 11 nitrogen and oxygen atoms in total. The van der Waals surface area contributed by atoms with Gasteiger partial charge in [-0.2, -0.15) is 28.4 Å². The SMILES string of the molecule is Cc1cc(N)nc([C@@H]2Cc3nc(OC[C@@]45CCCN4C[C@H](F)C5)nc(N4CCN(C(=O)/C=C/C5CCN5C)[C@@H](CC#N)C4)c3CC2C)c1C(F)(F)F. The number of nitrogen functional groups attached to an aromatic ring is 1. The maximum absolute atomic E-state index is 14.6. The molecule has 2 aromatic rings. The second-order valence-electron chi connectivity index (χ2n) is 15.4. The fourth-order valence-corrected chi connectivity index (χ4v) is 9.13. The summed E-state index contributed by atoms with van der Waals surface area (Å²) in [6, 6.07) is 3.40. The van der Waals surface area contributed by atoms with Gasteiger partial charge in [-0.05, 0) is 70.2 Å². The number of anilines is 2. The van der Waals surface area contributed by atoms with Crippen molar-refractivity contribution >= 4 is 17.5 Å². The van der Waals surface area contributed by atoms with Crippen LogP contribution in [0.3, 0.4) is 0 Å². The van der Waals surface area contributed by atoms with Crippen LogP contribution in [-0.4, -0.2) is 112 Å². The van der Waals surface area contributed by atoms with Gasteiger partial charge in [0.15, 0.2) is 0 Å². The Morgan fingerprint density at radius 3 is 2.69 bits per heavy atom. The minimum atomic E-state index is -4.62. The Kier molecular flexibility index (Phi) is 9.84. The first kappa shape index (κ1) is 36.3. The van der Waals surface area contributed by atoms with Crippen molar-refractivity contribution < 1.29 is 27.1 Å². The summed E-state index contributed by atoms with van der Waals surface area (Å²) in [7, 11) is 2.01. The van der Waals surface area contributed by atoms with Crippen molar-refractivity contribution in [3.63, 3.8) is 0 Å². The molecule has 0 radical (unpaired) electrons. The van der Waals surface area contributed by atoms with E-state index in [1.165, 1.54) is 13.0 Å². The first-order chi connectivity index (χ1) is 24.8. The van der Waals surface area contributed by atoms with E-state index in [1.807, 2.05) is 24.9 Å². The third kappa shape index (κ3) is 6.91. The summed E-state index contributed by atoms with van der Waals surface area (Å²) in [4.78, 5) is 35.5. The minimum absolute atomic E-state index is 0.0222. The topological polar surface area (TPSA) is 128 Å². The number of fused-ring (bicyclic) bond motifs is 2. The van der Waals surface area contributed by atoms with Gasteiger partial charge < -0.3 is 20.3 Å². The number of carbonyl (C=O) groups excluding carboxylic acids is 1. The molecule has 15 heteroatoms. The zero-order valence-electron chi connectivity index (χ0n) is 30.0. The maximum Gasteiger partial charge on any atom is 0.418 e. The van der Waals surface area contributed by atoms with Crippen LogP contribution in [0.4, 0.5) is 29.2 Å². The van der Waals surface area contributed by atoms with Gasteiger partial charge in [-0.15, -0.1) is 0 Å². The lowest BCUT2D eigenvalue weighted by Gasteiger charge is -2.42. The van der Waals surface area contributed by atoms with Gasteiger partial charge in [-0.1, -0.05) is 13.0 Å². The fourth-order valence-electron chi connectivity index (χ4n) is 9.13. The van der Waals surface area contributed by atoms with Gasteiger partial charge in [0.1, 0.15) is 24.4 Å². The van der Waals surface area contributed by atoms with Crippen LogP contribution < -0.4 is 15.4 Å².